The van der Waals surface area contributed by atoms with E-state index in [2.05, 4.69) is 4.98 Å². The van der Waals surface area contributed by atoms with E-state index in [9.17, 15) is 19.1 Å². The highest BCUT2D eigenvalue weighted by Crippen LogP contribution is 2.25. The lowest BCUT2D eigenvalue weighted by molar-refractivity contribution is -0.134. The van der Waals surface area contributed by atoms with Crippen LogP contribution in [0.2, 0.25) is 0 Å². The van der Waals surface area contributed by atoms with Gasteiger partial charge in [-0.05, 0) is 35.7 Å². The van der Waals surface area contributed by atoms with Gasteiger partial charge in [-0.2, -0.15) is 0 Å². The lowest BCUT2D eigenvalue weighted by Gasteiger charge is -2.35. The number of anilines is 1. The highest BCUT2D eigenvalue weighted by molar-refractivity contribution is 5.93. The number of carboxylic acid groups (broad SMARTS) is 1. The Bertz CT molecular complexity index is 854. The molecular weight excluding hydrogens is 361 g/mol. The number of benzene rings is 1. The van der Waals surface area contributed by atoms with E-state index in [0.717, 1.165) is 5.56 Å². The van der Waals surface area contributed by atoms with Gasteiger partial charge in [-0.1, -0.05) is 26.0 Å². The van der Waals surface area contributed by atoms with E-state index in [-0.39, 0.29) is 35.7 Å². The van der Waals surface area contributed by atoms with Gasteiger partial charge in [-0.15, -0.1) is 0 Å². The van der Waals surface area contributed by atoms with Gasteiger partial charge >= 0.3 is 5.97 Å². The summed E-state index contributed by atoms with van der Waals surface area (Å²) in [7, 11) is 0. The number of hydrogen-bond acceptors (Lipinski definition) is 4. The van der Waals surface area contributed by atoms with Crippen LogP contribution in [-0.4, -0.2) is 46.0 Å². The Labute approximate surface area is 163 Å². The lowest BCUT2D eigenvalue weighted by Crippen LogP contribution is -2.46. The molecule has 1 atom stereocenters. The molecule has 0 spiro atoms. The molecule has 2 heterocycles. The SMILES string of the molecule is CC(C)C1CN(c2ncccc2C(=O)O)CCC(=O)N1Cc1ccc(F)cc1. The molecule has 1 aromatic carbocycles. The number of hydrogen-bond donors (Lipinski definition) is 1. The zero-order valence-electron chi connectivity index (χ0n) is 16.0. The van der Waals surface area contributed by atoms with Gasteiger partial charge in [0.25, 0.3) is 0 Å². The first-order valence-electron chi connectivity index (χ1n) is 9.34. The predicted molar refractivity (Wildman–Crippen MR) is 104 cm³/mol. The Balaban J connectivity index is 1.90. The zero-order chi connectivity index (χ0) is 20.3. The van der Waals surface area contributed by atoms with Gasteiger partial charge in [-0.3, -0.25) is 4.79 Å². The molecule has 0 saturated carbocycles. The van der Waals surface area contributed by atoms with Gasteiger partial charge in [0, 0.05) is 32.3 Å². The lowest BCUT2D eigenvalue weighted by atomic mass is 10.0. The first-order valence-corrected chi connectivity index (χ1v) is 9.34. The summed E-state index contributed by atoms with van der Waals surface area (Å²) in [5, 5.41) is 9.49. The summed E-state index contributed by atoms with van der Waals surface area (Å²) < 4.78 is 13.2. The Hall–Kier alpha value is -2.96. The number of pyridine rings is 1. The van der Waals surface area contributed by atoms with Gasteiger partial charge in [-0.25, -0.2) is 14.2 Å². The molecule has 2 aromatic rings. The average molecular weight is 385 g/mol. The fraction of sp³-hybridized carbons (Fsp3) is 0.381. The third kappa shape index (κ3) is 4.30. The summed E-state index contributed by atoms with van der Waals surface area (Å²) in [5.74, 6) is -0.811. The van der Waals surface area contributed by atoms with Crippen molar-refractivity contribution in [3.8, 4) is 0 Å². The third-order valence-electron chi connectivity index (χ3n) is 5.08. The second-order valence-corrected chi connectivity index (χ2v) is 7.34. The molecule has 1 amide bonds. The third-order valence-corrected chi connectivity index (χ3v) is 5.08. The number of carbonyl (C=O) groups excluding carboxylic acids is 1. The minimum Gasteiger partial charge on any atom is -0.478 e. The minimum atomic E-state index is -1.04. The number of carbonyl (C=O) groups is 2. The van der Waals surface area contributed by atoms with Gasteiger partial charge in [0.15, 0.2) is 0 Å². The first-order chi connectivity index (χ1) is 13.4. The Kier molecular flexibility index (Phi) is 5.92. The molecule has 6 nitrogen and oxygen atoms in total. The summed E-state index contributed by atoms with van der Waals surface area (Å²) in [5.41, 5.74) is 0.988. The molecule has 1 saturated heterocycles. The van der Waals surface area contributed by atoms with Crippen molar-refractivity contribution < 1.29 is 19.1 Å². The van der Waals surface area contributed by atoms with Crippen LogP contribution in [0.3, 0.4) is 0 Å². The van der Waals surface area contributed by atoms with Crippen molar-refractivity contribution in [3.63, 3.8) is 0 Å². The van der Waals surface area contributed by atoms with E-state index < -0.39 is 5.97 Å². The number of amides is 1. The van der Waals surface area contributed by atoms with E-state index >= 15 is 0 Å². The van der Waals surface area contributed by atoms with Gasteiger partial charge in [0.05, 0.1) is 6.04 Å². The summed E-state index contributed by atoms with van der Waals surface area (Å²) in [6.45, 7) is 5.36. The zero-order valence-corrected chi connectivity index (χ0v) is 16.0. The van der Waals surface area contributed by atoms with Crippen molar-refractivity contribution in [2.45, 2.75) is 32.9 Å². The molecule has 1 N–H and O–H groups in total. The van der Waals surface area contributed by atoms with Gasteiger partial charge in [0.1, 0.15) is 17.2 Å². The quantitative estimate of drug-likeness (QED) is 0.856. The number of halogens is 1. The average Bonchev–Trinajstić information content (AvgIpc) is 2.83. The summed E-state index contributed by atoms with van der Waals surface area (Å²) in [4.78, 5) is 32.5. The largest absolute Gasteiger partial charge is 0.478 e. The smallest absolute Gasteiger partial charge is 0.339 e. The fourth-order valence-corrected chi connectivity index (χ4v) is 3.55. The van der Waals surface area contributed by atoms with Crippen LogP contribution in [0.15, 0.2) is 42.6 Å². The molecule has 28 heavy (non-hydrogen) atoms. The molecule has 7 heteroatoms. The maximum absolute atomic E-state index is 13.2. The monoisotopic (exact) mass is 385 g/mol. The summed E-state index contributed by atoms with van der Waals surface area (Å²) in [6, 6.07) is 9.15. The Morgan fingerprint density at radius 3 is 2.64 bits per heavy atom. The van der Waals surface area contributed by atoms with E-state index in [1.807, 2.05) is 23.6 Å². The van der Waals surface area contributed by atoms with Crippen molar-refractivity contribution >= 4 is 17.7 Å². The topological polar surface area (TPSA) is 73.7 Å². The molecule has 1 unspecified atom stereocenters. The molecule has 1 aliphatic rings. The van der Waals surface area contributed by atoms with E-state index in [4.69, 9.17) is 0 Å². The van der Waals surface area contributed by atoms with Crippen molar-refractivity contribution in [2.75, 3.05) is 18.0 Å². The predicted octanol–water partition coefficient (Wildman–Crippen LogP) is 3.18. The fourth-order valence-electron chi connectivity index (χ4n) is 3.55. The maximum atomic E-state index is 13.2. The van der Waals surface area contributed by atoms with E-state index in [0.29, 0.717) is 25.5 Å². The number of rotatable bonds is 5. The van der Waals surface area contributed by atoms with Crippen LogP contribution in [-0.2, 0) is 11.3 Å². The molecule has 0 bridgehead atoms. The Morgan fingerprint density at radius 2 is 2.00 bits per heavy atom. The number of aromatic carboxylic acids is 1. The molecule has 1 aromatic heterocycles. The van der Waals surface area contributed by atoms with Crippen LogP contribution < -0.4 is 4.90 Å². The van der Waals surface area contributed by atoms with Crippen molar-refractivity contribution in [1.82, 2.24) is 9.88 Å². The van der Waals surface area contributed by atoms with Crippen LogP contribution in [0.5, 0.6) is 0 Å². The maximum Gasteiger partial charge on any atom is 0.339 e. The van der Waals surface area contributed by atoms with Crippen LogP contribution >= 0.6 is 0 Å². The molecule has 148 valence electrons. The van der Waals surface area contributed by atoms with E-state index in [1.54, 1.807) is 24.4 Å². The molecule has 1 fully saturated rings. The number of nitrogens with zero attached hydrogens (tertiary/aromatic N) is 3. The number of aromatic nitrogens is 1. The van der Waals surface area contributed by atoms with E-state index in [1.165, 1.54) is 18.2 Å². The van der Waals surface area contributed by atoms with Crippen molar-refractivity contribution in [2.24, 2.45) is 5.92 Å². The van der Waals surface area contributed by atoms with Crippen LogP contribution in [0, 0.1) is 11.7 Å². The summed E-state index contributed by atoms with van der Waals surface area (Å²) >= 11 is 0. The Morgan fingerprint density at radius 1 is 1.29 bits per heavy atom. The van der Waals surface area contributed by atoms with Crippen LogP contribution in [0.4, 0.5) is 10.2 Å². The second kappa shape index (κ2) is 8.37. The highest BCUT2D eigenvalue weighted by atomic mass is 19.1. The molecule has 0 radical (unpaired) electrons. The van der Waals surface area contributed by atoms with Crippen LogP contribution in [0.1, 0.15) is 36.2 Å². The van der Waals surface area contributed by atoms with Crippen molar-refractivity contribution in [3.05, 3.63) is 59.5 Å². The van der Waals surface area contributed by atoms with Crippen molar-refractivity contribution in [1.29, 1.82) is 0 Å². The highest BCUT2D eigenvalue weighted by Gasteiger charge is 2.33. The van der Waals surface area contributed by atoms with Gasteiger partial charge < -0.3 is 14.9 Å². The first kappa shape index (κ1) is 19.8. The molecule has 3 rings (SSSR count). The van der Waals surface area contributed by atoms with Crippen LogP contribution in [0.25, 0.3) is 0 Å². The second-order valence-electron chi connectivity index (χ2n) is 7.34. The minimum absolute atomic E-state index is 0.00155. The van der Waals surface area contributed by atoms with Gasteiger partial charge in [0.2, 0.25) is 5.91 Å². The standard InChI is InChI=1S/C21H24FN3O3/c1-14(2)18-13-24(20-17(21(27)28)4-3-10-23-20)11-9-19(26)25(18)12-15-5-7-16(22)8-6-15/h3-8,10,14,18H,9,11-13H2,1-2H3,(H,27,28). The molecule has 0 aliphatic carbocycles. The normalized spacial score (nSPS) is 17.7. The molecular formula is C21H24FN3O3. The number of carboxylic acids is 1. The molecule has 1 aliphatic heterocycles. The summed E-state index contributed by atoms with van der Waals surface area (Å²) in [6.07, 6.45) is 1.83.